The molecular weight excluding hydrogens is 503 g/mol. The van der Waals surface area contributed by atoms with Crippen molar-refractivity contribution in [1.29, 1.82) is 5.26 Å². The maximum Gasteiger partial charge on any atom is 0.417 e. The van der Waals surface area contributed by atoms with Gasteiger partial charge in [0, 0.05) is 22.5 Å². The number of aryl methyl sites for hydroxylation is 1. The van der Waals surface area contributed by atoms with E-state index in [-0.39, 0.29) is 23.0 Å². The number of nitrogens with zero attached hydrogens (tertiary/aromatic N) is 4. The zero-order chi connectivity index (χ0) is 25.5. The maximum atomic E-state index is 14.8. The standard InChI is InChI=1S/C21H18ClF5N4O2S/c1-10(2)31(15-5-4-14(23)17(22)18(15)24)20(32)16-8-34(33)9-30(16)19-12(7-28)13(21(25,26)27)6-11(3)29-19/h4-6,10,16H,8-9H2,1-3H3/t16-,34?/m1/s1. The predicted molar refractivity (Wildman–Crippen MR) is 117 cm³/mol. The molecule has 1 saturated heterocycles. The Morgan fingerprint density at radius 1 is 1.35 bits per heavy atom. The first kappa shape index (κ1) is 25.8. The number of benzene rings is 1. The number of pyridine rings is 1. The highest BCUT2D eigenvalue weighted by Gasteiger charge is 2.43. The van der Waals surface area contributed by atoms with Gasteiger partial charge in [-0.05, 0) is 39.0 Å². The molecule has 0 N–H and O–H groups in total. The van der Waals surface area contributed by atoms with Crippen LogP contribution in [0.15, 0.2) is 18.2 Å². The molecule has 2 atom stereocenters. The number of amides is 1. The summed E-state index contributed by atoms with van der Waals surface area (Å²) in [4.78, 5) is 19.6. The Bertz CT molecular complexity index is 1220. The molecule has 34 heavy (non-hydrogen) atoms. The van der Waals surface area contributed by atoms with Gasteiger partial charge in [-0.2, -0.15) is 18.4 Å². The fourth-order valence-corrected chi connectivity index (χ4v) is 5.24. The van der Waals surface area contributed by atoms with Crippen molar-refractivity contribution in [1.82, 2.24) is 4.98 Å². The van der Waals surface area contributed by atoms with Crippen LogP contribution in [0, 0.1) is 29.9 Å². The first-order chi connectivity index (χ1) is 15.8. The minimum atomic E-state index is -4.87. The van der Waals surface area contributed by atoms with E-state index >= 15 is 0 Å². The van der Waals surface area contributed by atoms with Crippen molar-refractivity contribution in [2.75, 3.05) is 21.4 Å². The zero-order valence-electron chi connectivity index (χ0n) is 18.1. The second kappa shape index (κ2) is 9.46. The van der Waals surface area contributed by atoms with Crippen LogP contribution in [0.3, 0.4) is 0 Å². The van der Waals surface area contributed by atoms with E-state index in [0.29, 0.717) is 6.07 Å². The van der Waals surface area contributed by atoms with Crippen LogP contribution in [0.5, 0.6) is 0 Å². The Hall–Kier alpha value is -2.78. The van der Waals surface area contributed by atoms with Gasteiger partial charge in [0.05, 0.1) is 22.9 Å². The Labute approximate surface area is 199 Å². The van der Waals surface area contributed by atoms with Gasteiger partial charge >= 0.3 is 6.18 Å². The monoisotopic (exact) mass is 520 g/mol. The highest BCUT2D eigenvalue weighted by Crippen LogP contribution is 2.38. The second-order valence-electron chi connectivity index (χ2n) is 7.84. The summed E-state index contributed by atoms with van der Waals surface area (Å²) in [7, 11) is -1.68. The Morgan fingerprint density at radius 2 is 2.00 bits per heavy atom. The van der Waals surface area contributed by atoms with E-state index in [4.69, 9.17) is 11.6 Å². The van der Waals surface area contributed by atoms with Crippen LogP contribution < -0.4 is 9.80 Å². The summed E-state index contributed by atoms with van der Waals surface area (Å²) in [5.41, 5.74) is -2.47. The SMILES string of the molecule is Cc1cc(C(F)(F)F)c(C#N)c(N2CS(=O)C[C@@H]2C(=O)N(c2ccc(F)c(Cl)c2F)C(C)C)n1. The molecule has 2 heterocycles. The molecule has 2 aromatic rings. The molecule has 1 aliphatic rings. The Kier molecular flexibility index (Phi) is 7.19. The summed E-state index contributed by atoms with van der Waals surface area (Å²) in [6.45, 7) is 4.37. The Morgan fingerprint density at radius 3 is 2.56 bits per heavy atom. The summed E-state index contributed by atoms with van der Waals surface area (Å²) in [6, 6.07) is 2.07. The van der Waals surface area contributed by atoms with E-state index < -0.39 is 68.6 Å². The predicted octanol–water partition coefficient (Wildman–Crippen LogP) is 4.55. The fraction of sp³-hybridized carbons (Fsp3) is 0.381. The van der Waals surface area contributed by atoms with Crippen LogP contribution in [-0.2, 0) is 21.8 Å². The molecule has 6 nitrogen and oxygen atoms in total. The average molecular weight is 521 g/mol. The number of carbonyl (C=O) groups excluding carboxylic acids is 1. The largest absolute Gasteiger partial charge is 0.417 e. The van der Waals surface area contributed by atoms with E-state index in [2.05, 4.69) is 4.98 Å². The number of nitriles is 1. The van der Waals surface area contributed by atoms with Gasteiger partial charge in [-0.3, -0.25) is 9.00 Å². The maximum absolute atomic E-state index is 14.8. The smallest absolute Gasteiger partial charge is 0.331 e. The van der Waals surface area contributed by atoms with E-state index in [9.17, 15) is 36.2 Å². The lowest BCUT2D eigenvalue weighted by Crippen LogP contribution is -2.50. The molecule has 0 radical (unpaired) electrons. The van der Waals surface area contributed by atoms with Gasteiger partial charge in [0.1, 0.15) is 34.3 Å². The van der Waals surface area contributed by atoms with Crippen LogP contribution in [0.1, 0.15) is 30.7 Å². The second-order valence-corrected chi connectivity index (χ2v) is 9.69. The Balaban J connectivity index is 2.14. The number of hydrogen-bond donors (Lipinski definition) is 0. The molecular formula is C21H18ClF5N4O2S. The summed E-state index contributed by atoms with van der Waals surface area (Å²) in [5.74, 6) is -4.15. The first-order valence-electron chi connectivity index (χ1n) is 9.85. The summed E-state index contributed by atoms with van der Waals surface area (Å²) in [5, 5.41) is 8.66. The molecule has 1 amide bonds. The molecule has 0 aliphatic carbocycles. The highest BCUT2D eigenvalue weighted by molar-refractivity contribution is 7.85. The molecule has 1 aromatic heterocycles. The quantitative estimate of drug-likeness (QED) is 0.437. The number of halogens is 6. The van der Waals surface area contributed by atoms with E-state index in [0.717, 1.165) is 21.9 Å². The van der Waals surface area contributed by atoms with Gasteiger partial charge < -0.3 is 9.80 Å². The molecule has 3 rings (SSSR count). The first-order valence-corrected chi connectivity index (χ1v) is 11.7. The van der Waals surface area contributed by atoms with E-state index in [1.807, 2.05) is 0 Å². The van der Waals surface area contributed by atoms with Gasteiger partial charge in [-0.1, -0.05) is 11.6 Å². The van der Waals surface area contributed by atoms with Crippen molar-refractivity contribution >= 4 is 39.8 Å². The summed E-state index contributed by atoms with van der Waals surface area (Å²) < 4.78 is 81.5. The van der Waals surface area contributed by atoms with E-state index in [1.165, 1.54) is 26.8 Å². The van der Waals surface area contributed by atoms with Crippen molar-refractivity contribution in [3.63, 3.8) is 0 Å². The van der Waals surface area contributed by atoms with Gasteiger partial charge in [0.2, 0.25) is 0 Å². The third-order valence-electron chi connectivity index (χ3n) is 5.13. The third kappa shape index (κ3) is 4.72. The number of rotatable bonds is 4. The number of aromatic nitrogens is 1. The van der Waals surface area contributed by atoms with Crippen LogP contribution in [0.2, 0.25) is 5.02 Å². The van der Waals surface area contributed by atoms with Crippen molar-refractivity contribution in [3.05, 3.63) is 51.7 Å². The number of alkyl halides is 3. The van der Waals surface area contributed by atoms with Crippen molar-refractivity contribution in [3.8, 4) is 6.07 Å². The van der Waals surface area contributed by atoms with Crippen molar-refractivity contribution in [2.24, 2.45) is 0 Å². The third-order valence-corrected chi connectivity index (χ3v) is 6.73. The van der Waals surface area contributed by atoms with Crippen LogP contribution in [0.25, 0.3) is 0 Å². The lowest BCUT2D eigenvalue weighted by atomic mass is 10.1. The van der Waals surface area contributed by atoms with Crippen LogP contribution in [0.4, 0.5) is 33.5 Å². The van der Waals surface area contributed by atoms with Crippen LogP contribution >= 0.6 is 11.6 Å². The van der Waals surface area contributed by atoms with Gasteiger partial charge in [-0.25, -0.2) is 13.8 Å². The lowest BCUT2D eigenvalue weighted by Gasteiger charge is -2.33. The van der Waals surface area contributed by atoms with Gasteiger partial charge in [-0.15, -0.1) is 0 Å². The zero-order valence-corrected chi connectivity index (χ0v) is 19.7. The molecule has 1 aromatic carbocycles. The van der Waals surface area contributed by atoms with Crippen molar-refractivity contribution < 1.29 is 31.0 Å². The molecule has 0 bridgehead atoms. The lowest BCUT2D eigenvalue weighted by molar-refractivity contribution is -0.137. The highest BCUT2D eigenvalue weighted by atomic mass is 35.5. The number of anilines is 2. The molecule has 1 unspecified atom stereocenters. The molecule has 1 aliphatic heterocycles. The number of hydrogen-bond acceptors (Lipinski definition) is 5. The number of carbonyl (C=O) groups is 1. The summed E-state index contributed by atoms with van der Waals surface area (Å²) >= 11 is 5.66. The minimum absolute atomic E-state index is 0.0673. The van der Waals surface area contributed by atoms with Gasteiger partial charge in [0.25, 0.3) is 5.91 Å². The van der Waals surface area contributed by atoms with Crippen molar-refractivity contribution in [2.45, 2.75) is 39.0 Å². The van der Waals surface area contributed by atoms with E-state index in [1.54, 1.807) is 0 Å². The van der Waals surface area contributed by atoms with Crippen LogP contribution in [-0.4, -0.2) is 38.8 Å². The molecule has 182 valence electrons. The van der Waals surface area contributed by atoms with Gasteiger partial charge in [0.15, 0.2) is 5.82 Å². The molecule has 13 heteroatoms. The normalized spacial score (nSPS) is 18.3. The molecule has 0 spiro atoms. The topological polar surface area (TPSA) is 77.3 Å². The summed E-state index contributed by atoms with van der Waals surface area (Å²) in [6.07, 6.45) is -4.87. The minimum Gasteiger partial charge on any atom is -0.331 e. The molecule has 0 saturated carbocycles. The fourth-order valence-electron chi connectivity index (χ4n) is 3.69. The average Bonchev–Trinajstić information content (AvgIpc) is 3.14. The molecule has 1 fully saturated rings.